The van der Waals surface area contributed by atoms with Crippen LogP contribution in [0.5, 0.6) is 5.75 Å². The van der Waals surface area contributed by atoms with Crippen molar-refractivity contribution in [3.05, 3.63) is 48.0 Å². The van der Waals surface area contributed by atoms with Crippen LogP contribution in [0.1, 0.15) is 56.3 Å². The first-order valence-electron chi connectivity index (χ1n) is 9.40. The third kappa shape index (κ3) is 6.13. The van der Waals surface area contributed by atoms with Crippen molar-refractivity contribution >= 4 is 17.6 Å². The molecule has 1 amide bonds. The summed E-state index contributed by atoms with van der Waals surface area (Å²) < 4.78 is 5.86. The monoisotopic (exact) mass is 369 g/mol. The van der Waals surface area contributed by atoms with Crippen molar-refractivity contribution in [1.82, 2.24) is 0 Å². The number of ether oxygens (including phenoxy) is 1. The molecule has 0 aromatic heterocycles. The fourth-order valence-corrected chi connectivity index (χ4v) is 2.92. The predicted octanol–water partition coefficient (Wildman–Crippen LogP) is 5.36. The average molecular weight is 369 g/mol. The molecule has 2 aromatic carbocycles. The molecule has 144 valence electrons. The number of hydrogen-bond donors (Lipinski definition) is 2. The van der Waals surface area contributed by atoms with Gasteiger partial charge in [0.15, 0.2) is 0 Å². The largest absolute Gasteiger partial charge is 0.491 e. The molecule has 0 saturated carbocycles. The van der Waals surface area contributed by atoms with Crippen LogP contribution in [0.3, 0.4) is 0 Å². The number of hydrogen-bond acceptors (Lipinski definition) is 3. The number of carbonyl (C=O) groups is 2. The van der Waals surface area contributed by atoms with Crippen molar-refractivity contribution in [2.24, 2.45) is 0 Å². The van der Waals surface area contributed by atoms with Crippen molar-refractivity contribution in [3.8, 4) is 16.9 Å². The van der Waals surface area contributed by atoms with Gasteiger partial charge in [-0.3, -0.25) is 4.79 Å². The molecule has 2 aromatic rings. The SMILES string of the molecule is CCCCCCCOc1ccc(-c2ccccc2C(=O)O)cc1NC(C)=O. The zero-order valence-corrected chi connectivity index (χ0v) is 16.0. The van der Waals surface area contributed by atoms with Crippen LogP contribution in [0, 0.1) is 0 Å². The number of anilines is 1. The number of nitrogens with one attached hydrogen (secondary N) is 1. The molecule has 2 N–H and O–H groups in total. The quantitative estimate of drug-likeness (QED) is 0.553. The van der Waals surface area contributed by atoms with Crippen molar-refractivity contribution < 1.29 is 19.4 Å². The van der Waals surface area contributed by atoms with E-state index in [1.807, 2.05) is 6.07 Å². The van der Waals surface area contributed by atoms with Gasteiger partial charge in [-0.1, -0.05) is 56.9 Å². The molecule has 0 bridgehead atoms. The minimum atomic E-state index is -0.987. The molecule has 0 radical (unpaired) electrons. The van der Waals surface area contributed by atoms with E-state index in [-0.39, 0.29) is 11.5 Å². The predicted molar refractivity (Wildman–Crippen MR) is 107 cm³/mol. The van der Waals surface area contributed by atoms with Gasteiger partial charge in [-0.2, -0.15) is 0 Å². The summed E-state index contributed by atoms with van der Waals surface area (Å²) in [4.78, 5) is 23.1. The molecule has 0 atom stereocenters. The average Bonchev–Trinajstić information content (AvgIpc) is 2.65. The first-order chi connectivity index (χ1) is 13.0. The molecule has 2 rings (SSSR count). The molecule has 5 heteroatoms. The van der Waals surface area contributed by atoms with E-state index in [2.05, 4.69) is 12.2 Å². The Bertz CT molecular complexity index is 786. The molecule has 0 aliphatic rings. The fraction of sp³-hybridized carbons (Fsp3) is 0.364. The highest BCUT2D eigenvalue weighted by molar-refractivity contribution is 5.97. The van der Waals surface area contributed by atoms with Crippen molar-refractivity contribution in [2.45, 2.75) is 46.0 Å². The lowest BCUT2D eigenvalue weighted by atomic mass is 9.99. The summed E-state index contributed by atoms with van der Waals surface area (Å²) in [6, 6.07) is 12.2. The number of amides is 1. The lowest BCUT2D eigenvalue weighted by Crippen LogP contribution is -2.09. The molecule has 0 aliphatic carbocycles. The molecule has 27 heavy (non-hydrogen) atoms. The Kier molecular flexibility index (Phi) is 7.86. The van der Waals surface area contributed by atoms with Gasteiger partial charge in [0.2, 0.25) is 5.91 Å². The van der Waals surface area contributed by atoms with Gasteiger partial charge in [-0.15, -0.1) is 0 Å². The maximum atomic E-state index is 11.6. The summed E-state index contributed by atoms with van der Waals surface area (Å²) >= 11 is 0. The fourth-order valence-electron chi connectivity index (χ4n) is 2.92. The van der Waals surface area contributed by atoms with Crippen molar-refractivity contribution in [2.75, 3.05) is 11.9 Å². The van der Waals surface area contributed by atoms with E-state index in [1.165, 1.54) is 26.2 Å². The van der Waals surface area contributed by atoms with Crippen LogP contribution in [0.2, 0.25) is 0 Å². The molecular formula is C22H27NO4. The summed E-state index contributed by atoms with van der Waals surface area (Å²) in [6.07, 6.45) is 5.71. The summed E-state index contributed by atoms with van der Waals surface area (Å²) in [5.41, 5.74) is 2.08. The third-order valence-electron chi connectivity index (χ3n) is 4.26. The minimum absolute atomic E-state index is 0.202. The van der Waals surface area contributed by atoms with E-state index in [9.17, 15) is 14.7 Å². The standard InChI is InChI=1S/C22H27NO4/c1-3-4-5-6-9-14-27-21-13-12-17(15-20(21)23-16(2)24)18-10-7-8-11-19(18)22(25)26/h7-8,10-13,15H,3-6,9,14H2,1-2H3,(H,23,24)(H,25,26). The van der Waals surface area contributed by atoms with Gasteiger partial charge in [-0.25, -0.2) is 4.79 Å². The first kappa shape index (κ1) is 20.5. The maximum Gasteiger partial charge on any atom is 0.336 e. The summed E-state index contributed by atoms with van der Waals surface area (Å²) in [5.74, 6) is -0.595. The van der Waals surface area contributed by atoms with E-state index >= 15 is 0 Å². The lowest BCUT2D eigenvalue weighted by molar-refractivity contribution is -0.114. The Hall–Kier alpha value is -2.82. The van der Waals surface area contributed by atoms with E-state index in [4.69, 9.17) is 4.74 Å². The number of benzene rings is 2. The second-order valence-electron chi connectivity index (χ2n) is 6.51. The van der Waals surface area contributed by atoms with Crippen LogP contribution in [0.25, 0.3) is 11.1 Å². The Morgan fingerprint density at radius 2 is 1.78 bits per heavy atom. The van der Waals surface area contributed by atoms with Crippen LogP contribution >= 0.6 is 0 Å². The van der Waals surface area contributed by atoms with Gasteiger partial charge in [0.1, 0.15) is 5.75 Å². The Morgan fingerprint density at radius 1 is 1.04 bits per heavy atom. The Labute approximate surface area is 160 Å². The molecule has 0 spiro atoms. The Balaban J connectivity index is 2.20. The van der Waals surface area contributed by atoms with Crippen LogP contribution in [-0.4, -0.2) is 23.6 Å². The summed E-state index contributed by atoms with van der Waals surface area (Å²) in [6.45, 7) is 4.20. The molecular weight excluding hydrogens is 342 g/mol. The molecule has 5 nitrogen and oxygen atoms in total. The Morgan fingerprint density at radius 3 is 2.48 bits per heavy atom. The zero-order chi connectivity index (χ0) is 19.6. The van der Waals surface area contributed by atoms with E-state index in [0.717, 1.165) is 12.8 Å². The van der Waals surface area contributed by atoms with Crippen molar-refractivity contribution in [3.63, 3.8) is 0 Å². The molecule has 0 heterocycles. The van der Waals surface area contributed by atoms with Gasteiger partial charge in [-0.05, 0) is 35.7 Å². The highest BCUT2D eigenvalue weighted by atomic mass is 16.5. The number of carbonyl (C=O) groups excluding carboxylic acids is 1. The lowest BCUT2D eigenvalue weighted by Gasteiger charge is -2.14. The topological polar surface area (TPSA) is 75.6 Å². The number of rotatable bonds is 10. The molecule has 0 fully saturated rings. The van der Waals surface area contributed by atoms with E-state index in [1.54, 1.807) is 36.4 Å². The van der Waals surface area contributed by atoms with E-state index < -0.39 is 5.97 Å². The first-order valence-corrected chi connectivity index (χ1v) is 9.40. The number of carboxylic acid groups (broad SMARTS) is 1. The van der Waals surface area contributed by atoms with Gasteiger partial charge in [0, 0.05) is 6.92 Å². The van der Waals surface area contributed by atoms with Crippen LogP contribution in [-0.2, 0) is 4.79 Å². The smallest absolute Gasteiger partial charge is 0.336 e. The second-order valence-corrected chi connectivity index (χ2v) is 6.51. The highest BCUT2D eigenvalue weighted by Gasteiger charge is 2.14. The third-order valence-corrected chi connectivity index (χ3v) is 4.26. The highest BCUT2D eigenvalue weighted by Crippen LogP contribution is 2.32. The van der Waals surface area contributed by atoms with Gasteiger partial charge in [0.05, 0.1) is 17.9 Å². The van der Waals surface area contributed by atoms with Crippen LogP contribution in [0.15, 0.2) is 42.5 Å². The van der Waals surface area contributed by atoms with Crippen LogP contribution in [0.4, 0.5) is 5.69 Å². The maximum absolute atomic E-state index is 11.6. The van der Waals surface area contributed by atoms with E-state index in [0.29, 0.717) is 29.2 Å². The molecule has 0 unspecified atom stereocenters. The second kappa shape index (κ2) is 10.4. The number of unbranched alkanes of at least 4 members (excludes halogenated alkanes) is 4. The number of carboxylic acids is 1. The van der Waals surface area contributed by atoms with Gasteiger partial charge >= 0.3 is 5.97 Å². The normalized spacial score (nSPS) is 10.4. The molecule has 0 saturated heterocycles. The van der Waals surface area contributed by atoms with Crippen LogP contribution < -0.4 is 10.1 Å². The summed E-state index contributed by atoms with van der Waals surface area (Å²) in [5, 5.41) is 12.2. The van der Waals surface area contributed by atoms with Gasteiger partial charge in [0.25, 0.3) is 0 Å². The number of aromatic carboxylic acids is 1. The van der Waals surface area contributed by atoms with Crippen molar-refractivity contribution in [1.29, 1.82) is 0 Å². The molecule has 0 aliphatic heterocycles. The minimum Gasteiger partial charge on any atom is -0.491 e. The summed E-state index contributed by atoms with van der Waals surface area (Å²) in [7, 11) is 0. The zero-order valence-electron chi connectivity index (χ0n) is 16.0. The van der Waals surface area contributed by atoms with Gasteiger partial charge < -0.3 is 15.2 Å².